The number of hydrogen-bond acceptors (Lipinski definition) is 1. The zero-order valence-electron chi connectivity index (χ0n) is 45.3. The summed E-state index contributed by atoms with van der Waals surface area (Å²) in [4.78, 5) is 15.3. The van der Waals surface area contributed by atoms with Crippen LogP contribution in [0.2, 0.25) is 0 Å². The molecule has 0 bridgehead atoms. The van der Waals surface area contributed by atoms with E-state index in [1.54, 1.807) is 0 Å². The van der Waals surface area contributed by atoms with Crippen molar-refractivity contribution < 1.29 is 0 Å². The largest absolute Gasteiger partial charge is 0.338 e. The SMILES string of the molecule is CCCCCCc1ccc(C2=NC(=Nc3[nH]c(-c4ccc(CCCCCC)cc4)c(C#Cc4cc5ccccc5c5ccccc45)c3-c3ccccc3)C(c3ccccc3)=C2C#Cc2cc3ccccc3c3ccccc23)cc1. The Morgan fingerprint density at radius 2 is 0.873 bits per heavy atom. The van der Waals surface area contributed by atoms with Gasteiger partial charge in [0.25, 0.3) is 0 Å². The average Bonchev–Trinajstić information content (AvgIpc) is 4.10. The van der Waals surface area contributed by atoms with E-state index in [9.17, 15) is 0 Å². The summed E-state index contributed by atoms with van der Waals surface area (Å²) in [5.74, 6) is 16.4. The van der Waals surface area contributed by atoms with E-state index in [4.69, 9.17) is 9.98 Å². The minimum absolute atomic E-state index is 0.588. The number of H-pyrrole nitrogens is 1. The fraction of sp³-hybridized carbons (Fsp3) is 0.158. The molecule has 3 heteroatoms. The molecule has 2 heterocycles. The summed E-state index contributed by atoms with van der Waals surface area (Å²) in [6.07, 6.45) is 11.9. The van der Waals surface area contributed by atoms with Gasteiger partial charge < -0.3 is 4.98 Å². The van der Waals surface area contributed by atoms with Crippen LogP contribution in [-0.4, -0.2) is 16.5 Å². The average molecular weight is 1020 g/mol. The number of nitrogens with zero attached hydrogens (tertiary/aromatic N) is 2. The zero-order chi connectivity index (χ0) is 53.3. The van der Waals surface area contributed by atoms with Crippen molar-refractivity contribution in [3.63, 3.8) is 0 Å². The van der Waals surface area contributed by atoms with Gasteiger partial charge >= 0.3 is 0 Å². The topological polar surface area (TPSA) is 40.5 Å². The number of benzene rings is 10. The fourth-order valence-corrected chi connectivity index (χ4v) is 11.4. The summed E-state index contributed by atoms with van der Waals surface area (Å²) in [5.41, 5.74) is 13.9. The Balaban J connectivity index is 1.09. The first-order valence-corrected chi connectivity index (χ1v) is 28.4. The van der Waals surface area contributed by atoms with Crippen LogP contribution < -0.4 is 0 Å². The molecule has 1 aliphatic rings. The third-order valence-electron chi connectivity index (χ3n) is 15.5. The van der Waals surface area contributed by atoms with Crippen molar-refractivity contribution in [1.82, 2.24) is 4.98 Å². The van der Waals surface area contributed by atoms with Gasteiger partial charge in [-0.1, -0.05) is 282 Å². The van der Waals surface area contributed by atoms with E-state index < -0.39 is 0 Å². The standard InChI is InChI=1S/C76H63N3/c1-3-5-7-11-25-53-39-43-57(44-40-53)73-69(49-47-61-51-59-31-17-19-33-63(59)67-37-23-21-35-65(61)67)71(55-27-13-9-14-28-55)75(77-73)79-76-72(56-29-15-10-16-30-56)70(74(78-76)58-45-41-54(42-46-58)26-12-8-6-4-2)50-48-62-52-60-32-18-20-34-64(60)68-38-24-22-36-66(62)68/h9-10,13-24,27-46,51-52,77H,3-8,11-12,25-26H2,1-2H3. The van der Waals surface area contributed by atoms with Gasteiger partial charge in [-0.05, 0) is 109 Å². The second kappa shape index (κ2) is 23.5. The third-order valence-corrected chi connectivity index (χ3v) is 15.5. The predicted octanol–water partition coefficient (Wildman–Crippen LogP) is 19.6. The van der Waals surface area contributed by atoms with E-state index in [2.05, 4.69) is 261 Å². The normalized spacial score (nSPS) is 12.8. The maximum absolute atomic E-state index is 5.75. The van der Waals surface area contributed by atoms with Gasteiger partial charge in [0, 0.05) is 27.8 Å². The molecule has 0 saturated carbocycles. The highest BCUT2D eigenvalue weighted by Crippen LogP contribution is 2.42. The molecular weight excluding hydrogens is 955 g/mol. The molecular formula is C76H63N3. The van der Waals surface area contributed by atoms with Gasteiger partial charge in [0.15, 0.2) is 5.84 Å². The number of hydrogen-bond donors (Lipinski definition) is 1. The number of allylic oxidation sites excluding steroid dienone is 1. The molecule has 0 atom stereocenters. The maximum atomic E-state index is 5.75. The van der Waals surface area contributed by atoms with Crippen LogP contribution in [0.15, 0.2) is 234 Å². The Labute approximate surface area is 465 Å². The van der Waals surface area contributed by atoms with Crippen molar-refractivity contribution in [1.29, 1.82) is 0 Å². The molecule has 1 N–H and O–H groups in total. The Hall–Kier alpha value is -9.28. The molecule has 11 aromatic rings. The first kappa shape index (κ1) is 50.5. The van der Waals surface area contributed by atoms with Gasteiger partial charge in [-0.25, -0.2) is 9.98 Å². The summed E-state index contributed by atoms with van der Waals surface area (Å²) in [6.45, 7) is 4.53. The van der Waals surface area contributed by atoms with Crippen molar-refractivity contribution in [3.05, 3.63) is 263 Å². The van der Waals surface area contributed by atoms with Crippen LogP contribution in [-0.2, 0) is 12.8 Å². The first-order chi connectivity index (χ1) is 39.1. The molecule has 0 radical (unpaired) electrons. The van der Waals surface area contributed by atoms with Crippen molar-refractivity contribution in [2.24, 2.45) is 9.98 Å². The zero-order valence-corrected chi connectivity index (χ0v) is 45.3. The fourth-order valence-electron chi connectivity index (χ4n) is 11.4. The van der Waals surface area contributed by atoms with Crippen LogP contribution in [0, 0.1) is 23.7 Å². The number of aryl methyl sites for hydroxylation is 2. The number of fused-ring (bicyclic) bond motifs is 6. The Kier molecular flexibility index (Phi) is 15.1. The highest BCUT2D eigenvalue weighted by molar-refractivity contribution is 6.42. The van der Waals surface area contributed by atoms with Crippen molar-refractivity contribution in [2.45, 2.75) is 78.1 Å². The highest BCUT2D eigenvalue weighted by atomic mass is 15.0. The smallest absolute Gasteiger partial charge is 0.164 e. The van der Waals surface area contributed by atoms with Gasteiger partial charge in [0.2, 0.25) is 0 Å². The lowest BCUT2D eigenvalue weighted by Gasteiger charge is -2.08. The Bertz CT molecular complexity index is 4240. The van der Waals surface area contributed by atoms with Gasteiger partial charge in [-0.2, -0.15) is 0 Å². The molecule has 3 nitrogen and oxygen atoms in total. The minimum atomic E-state index is 0.588. The molecule has 0 unspecified atom stereocenters. The van der Waals surface area contributed by atoms with Crippen LogP contribution in [0.3, 0.4) is 0 Å². The number of aromatic nitrogens is 1. The molecule has 0 saturated heterocycles. The predicted molar refractivity (Wildman–Crippen MR) is 337 cm³/mol. The number of aliphatic imine (C=N–C) groups is 2. The van der Waals surface area contributed by atoms with Crippen LogP contribution in [0.5, 0.6) is 0 Å². The lowest BCUT2D eigenvalue weighted by atomic mass is 9.93. The lowest BCUT2D eigenvalue weighted by Crippen LogP contribution is -2.02. The Morgan fingerprint density at radius 3 is 1.42 bits per heavy atom. The highest BCUT2D eigenvalue weighted by Gasteiger charge is 2.29. The van der Waals surface area contributed by atoms with E-state index in [0.717, 1.165) is 101 Å². The van der Waals surface area contributed by atoms with Gasteiger partial charge in [-0.15, -0.1) is 0 Å². The minimum Gasteiger partial charge on any atom is -0.338 e. The maximum Gasteiger partial charge on any atom is 0.164 e. The monoisotopic (exact) mass is 1020 g/mol. The third kappa shape index (κ3) is 10.7. The number of nitrogens with one attached hydrogen (secondary N) is 1. The molecule has 1 aliphatic heterocycles. The van der Waals surface area contributed by atoms with E-state index in [0.29, 0.717) is 11.7 Å². The summed E-state index contributed by atoms with van der Waals surface area (Å²) in [6, 6.07) is 78.1. The number of aromatic amines is 1. The molecule has 1 aromatic heterocycles. The van der Waals surface area contributed by atoms with Crippen LogP contribution in [0.25, 0.3) is 71.0 Å². The molecule has 382 valence electrons. The van der Waals surface area contributed by atoms with Crippen LogP contribution >= 0.6 is 0 Å². The number of rotatable bonds is 15. The van der Waals surface area contributed by atoms with Crippen molar-refractivity contribution in [2.75, 3.05) is 0 Å². The van der Waals surface area contributed by atoms with Gasteiger partial charge in [-0.3, -0.25) is 0 Å². The Morgan fingerprint density at radius 1 is 0.405 bits per heavy atom. The van der Waals surface area contributed by atoms with Crippen LogP contribution in [0.1, 0.15) is 104 Å². The van der Waals surface area contributed by atoms with Crippen molar-refractivity contribution in [3.8, 4) is 46.1 Å². The molecule has 79 heavy (non-hydrogen) atoms. The van der Waals surface area contributed by atoms with Crippen LogP contribution in [0.4, 0.5) is 5.82 Å². The summed E-state index contributed by atoms with van der Waals surface area (Å²) < 4.78 is 0. The molecule has 0 fully saturated rings. The van der Waals surface area contributed by atoms with Gasteiger partial charge in [0.05, 0.1) is 22.5 Å². The van der Waals surface area contributed by atoms with E-state index in [1.165, 1.54) is 84.0 Å². The molecule has 0 spiro atoms. The molecule has 0 aliphatic carbocycles. The quantitative estimate of drug-likeness (QED) is 0.0604. The lowest BCUT2D eigenvalue weighted by molar-refractivity contribution is 0.667. The van der Waals surface area contributed by atoms with Gasteiger partial charge in [0.1, 0.15) is 5.82 Å². The summed E-state index contributed by atoms with van der Waals surface area (Å²) in [5, 5.41) is 9.37. The molecule has 10 aromatic carbocycles. The number of amidine groups is 1. The second-order valence-corrected chi connectivity index (χ2v) is 20.9. The number of unbranched alkanes of at least 4 members (excludes halogenated alkanes) is 6. The van der Waals surface area contributed by atoms with E-state index in [-0.39, 0.29) is 0 Å². The molecule has 0 amide bonds. The van der Waals surface area contributed by atoms with E-state index >= 15 is 0 Å². The van der Waals surface area contributed by atoms with E-state index in [1.807, 2.05) is 0 Å². The first-order valence-electron chi connectivity index (χ1n) is 28.4. The summed E-state index contributed by atoms with van der Waals surface area (Å²) in [7, 11) is 0. The van der Waals surface area contributed by atoms with Crippen molar-refractivity contribution >= 4 is 66.0 Å². The molecule has 12 rings (SSSR count). The summed E-state index contributed by atoms with van der Waals surface area (Å²) >= 11 is 0. The second-order valence-electron chi connectivity index (χ2n) is 20.9.